The number of nitrogens with one attached hydrogen (secondary N) is 1. The largest absolute Gasteiger partial charge is 0.510 e. The zero-order valence-corrected chi connectivity index (χ0v) is 12.1. The standard InChI is InChI=1S/C13H10Cl2N2OS/c1-2-3-12(18)9(7-16)13(19)17-8-4-5-10(14)11(15)6-8/h2,4-6,18H,1,3H2,(H,17,19). The Hall–Kier alpha value is -1.54. The van der Waals surface area contributed by atoms with Gasteiger partial charge in [0.05, 0.1) is 10.0 Å². The molecule has 0 radical (unpaired) electrons. The molecule has 3 nitrogen and oxygen atoms in total. The summed E-state index contributed by atoms with van der Waals surface area (Å²) in [4.78, 5) is 0.111. The van der Waals surface area contributed by atoms with Crippen LogP contribution in [0.2, 0.25) is 10.0 Å². The molecule has 0 spiro atoms. The fraction of sp³-hybridized carbons (Fsp3) is 0.0769. The van der Waals surface area contributed by atoms with Crippen molar-refractivity contribution < 1.29 is 5.11 Å². The lowest BCUT2D eigenvalue weighted by molar-refractivity contribution is 0.399. The third-order valence-electron chi connectivity index (χ3n) is 2.14. The lowest BCUT2D eigenvalue weighted by atomic mass is 10.2. The highest BCUT2D eigenvalue weighted by Crippen LogP contribution is 2.25. The molecule has 6 heteroatoms. The number of nitrogens with zero attached hydrogens (tertiary/aromatic N) is 1. The molecule has 0 heterocycles. The minimum absolute atomic E-state index is 0.000900. The van der Waals surface area contributed by atoms with E-state index in [1.54, 1.807) is 18.2 Å². The molecule has 0 amide bonds. The van der Waals surface area contributed by atoms with Crippen molar-refractivity contribution in [1.29, 1.82) is 5.26 Å². The Morgan fingerprint density at radius 1 is 1.47 bits per heavy atom. The van der Waals surface area contributed by atoms with Crippen LogP contribution in [-0.4, -0.2) is 10.1 Å². The van der Waals surface area contributed by atoms with E-state index >= 15 is 0 Å². The highest BCUT2D eigenvalue weighted by atomic mass is 35.5. The number of aliphatic hydroxyl groups is 1. The van der Waals surface area contributed by atoms with Gasteiger partial charge in [0.1, 0.15) is 22.4 Å². The van der Waals surface area contributed by atoms with E-state index < -0.39 is 0 Å². The van der Waals surface area contributed by atoms with Crippen LogP contribution >= 0.6 is 35.4 Å². The number of rotatable bonds is 4. The molecule has 0 unspecified atom stereocenters. The van der Waals surface area contributed by atoms with Crippen molar-refractivity contribution in [3.8, 4) is 6.07 Å². The van der Waals surface area contributed by atoms with Gasteiger partial charge in [-0.05, 0) is 18.2 Å². The van der Waals surface area contributed by atoms with E-state index in [2.05, 4.69) is 11.9 Å². The Bertz CT molecular complexity index is 591. The van der Waals surface area contributed by atoms with Gasteiger partial charge in [-0.1, -0.05) is 41.5 Å². The molecule has 0 bridgehead atoms. The minimum Gasteiger partial charge on any atom is -0.510 e. The molecule has 19 heavy (non-hydrogen) atoms. The second kappa shape index (κ2) is 7.15. The highest BCUT2D eigenvalue weighted by Gasteiger charge is 2.11. The molecule has 0 saturated carbocycles. The maximum absolute atomic E-state index is 9.67. The molecule has 0 saturated heterocycles. The number of allylic oxidation sites excluding steroid dienone is 1. The summed E-state index contributed by atoms with van der Waals surface area (Å²) < 4.78 is 0. The molecule has 0 atom stereocenters. The van der Waals surface area contributed by atoms with Gasteiger partial charge < -0.3 is 10.4 Å². The third-order valence-corrected chi connectivity index (χ3v) is 3.19. The van der Waals surface area contributed by atoms with E-state index in [0.29, 0.717) is 15.7 Å². The summed E-state index contributed by atoms with van der Waals surface area (Å²) in [6.45, 7) is 3.48. The topological polar surface area (TPSA) is 56.0 Å². The summed E-state index contributed by atoms with van der Waals surface area (Å²) in [5.74, 6) is -0.130. The summed E-state index contributed by atoms with van der Waals surface area (Å²) in [6, 6.07) is 6.70. The molecule has 1 rings (SSSR count). The molecule has 0 aliphatic carbocycles. The maximum atomic E-state index is 9.67. The van der Waals surface area contributed by atoms with Gasteiger partial charge in [-0.15, -0.1) is 6.58 Å². The summed E-state index contributed by atoms with van der Waals surface area (Å²) >= 11 is 16.7. The molecule has 98 valence electrons. The highest BCUT2D eigenvalue weighted by molar-refractivity contribution is 7.81. The van der Waals surface area contributed by atoms with E-state index in [4.69, 9.17) is 40.7 Å². The average molecular weight is 313 g/mol. The van der Waals surface area contributed by atoms with Crippen LogP contribution in [0.1, 0.15) is 6.42 Å². The zero-order valence-electron chi connectivity index (χ0n) is 9.78. The van der Waals surface area contributed by atoms with Gasteiger partial charge in [-0.3, -0.25) is 0 Å². The van der Waals surface area contributed by atoms with Crippen molar-refractivity contribution >= 4 is 46.1 Å². The summed E-state index contributed by atoms with van der Waals surface area (Å²) in [7, 11) is 0. The number of hydrogen-bond donors (Lipinski definition) is 2. The molecule has 0 aliphatic rings. The fourth-order valence-corrected chi connectivity index (χ4v) is 1.83. The average Bonchev–Trinajstić information content (AvgIpc) is 2.35. The number of aliphatic hydroxyl groups excluding tert-OH is 1. The van der Waals surface area contributed by atoms with Crippen molar-refractivity contribution in [3.63, 3.8) is 0 Å². The zero-order chi connectivity index (χ0) is 14.4. The predicted octanol–water partition coefficient (Wildman–Crippen LogP) is 4.64. The van der Waals surface area contributed by atoms with Gasteiger partial charge in [0.2, 0.25) is 0 Å². The van der Waals surface area contributed by atoms with Crippen molar-refractivity contribution in [2.24, 2.45) is 0 Å². The molecule has 0 fully saturated rings. The van der Waals surface area contributed by atoms with Gasteiger partial charge >= 0.3 is 0 Å². The fourth-order valence-electron chi connectivity index (χ4n) is 1.25. The number of anilines is 1. The van der Waals surface area contributed by atoms with Gasteiger partial charge in [0.15, 0.2) is 0 Å². The van der Waals surface area contributed by atoms with Crippen molar-refractivity contribution in [3.05, 3.63) is 52.2 Å². The first-order valence-electron chi connectivity index (χ1n) is 5.19. The molecular weight excluding hydrogens is 303 g/mol. The Morgan fingerprint density at radius 2 is 2.16 bits per heavy atom. The quantitative estimate of drug-likeness (QED) is 0.279. The Morgan fingerprint density at radius 3 is 2.68 bits per heavy atom. The first-order chi connectivity index (χ1) is 8.99. The third kappa shape index (κ3) is 4.25. The number of thiocarbonyl (C=S) groups is 1. The normalized spacial score (nSPS) is 11.2. The van der Waals surface area contributed by atoms with Crippen LogP contribution < -0.4 is 5.32 Å². The lowest BCUT2D eigenvalue weighted by Gasteiger charge is -2.09. The van der Waals surface area contributed by atoms with Gasteiger partial charge in [0, 0.05) is 12.1 Å². The van der Waals surface area contributed by atoms with Crippen LogP contribution in [-0.2, 0) is 0 Å². The first kappa shape index (κ1) is 15.5. The molecule has 2 N–H and O–H groups in total. The van der Waals surface area contributed by atoms with Crippen LogP contribution in [0.25, 0.3) is 0 Å². The minimum atomic E-state index is -0.130. The second-order valence-corrected chi connectivity index (χ2v) is 4.73. The summed E-state index contributed by atoms with van der Waals surface area (Å²) in [6.07, 6.45) is 1.65. The number of hydrogen-bond acceptors (Lipinski definition) is 3. The van der Waals surface area contributed by atoms with E-state index in [0.717, 1.165) is 0 Å². The molecule has 0 aromatic heterocycles. The van der Waals surface area contributed by atoms with E-state index in [1.165, 1.54) is 6.08 Å². The monoisotopic (exact) mass is 312 g/mol. The lowest BCUT2D eigenvalue weighted by Crippen LogP contribution is -2.13. The molecule has 0 aliphatic heterocycles. The second-order valence-electron chi connectivity index (χ2n) is 3.51. The Balaban J connectivity index is 2.95. The van der Waals surface area contributed by atoms with Crippen molar-refractivity contribution in [2.45, 2.75) is 6.42 Å². The SMILES string of the molecule is C=CCC(O)=C(C#N)C(=S)Nc1ccc(Cl)c(Cl)c1. The number of benzene rings is 1. The predicted molar refractivity (Wildman–Crippen MR) is 82.8 cm³/mol. The molecule has 1 aromatic carbocycles. The molecular formula is C13H10Cl2N2OS. The van der Waals surface area contributed by atoms with Crippen LogP contribution in [0.4, 0.5) is 5.69 Å². The summed E-state index contributed by atoms with van der Waals surface area (Å²) in [5.41, 5.74) is 0.583. The number of nitriles is 1. The smallest absolute Gasteiger partial charge is 0.125 e. The van der Waals surface area contributed by atoms with Crippen LogP contribution in [0, 0.1) is 11.3 Å². The summed E-state index contributed by atoms with van der Waals surface area (Å²) in [5, 5.41) is 22.3. The van der Waals surface area contributed by atoms with Gasteiger partial charge in [0.25, 0.3) is 0 Å². The van der Waals surface area contributed by atoms with Gasteiger partial charge in [-0.2, -0.15) is 5.26 Å². The Labute approximate surface area is 126 Å². The first-order valence-corrected chi connectivity index (χ1v) is 6.35. The van der Waals surface area contributed by atoms with Crippen LogP contribution in [0.15, 0.2) is 42.2 Å². The van der Waals surface area contributed by atoms with Gasteiger partial charge in [-0.25, -0.2) is 0 Å². The van der Waals surface area contributed by atoms with E-state index in [9.17, 15) is 5.11 Å². The maximum Gasteiger partial charge on any atom is 0.125 e. The van der Waals surface area contributed by atoms with E-state index in [-0.39, 0.29) is 22.7 Å². The van der Waals surface area contributed by atoms with Crippen LogP contribution in [0.3, 0.4) is 0 Å². The van der Waals surface area contributed by atoms with Crippen LogP contribution in [0.5, 0.6) is 0 Å². The van der Waals surface area contributed by atoms with E-state index in [1.807, 2.05) is 6.07 Å². The van der Waals surface area contributed by atoms with Crippen molar-refractivity contribution in [2.75, 3.05) is 5.32 Å². The van der Waals surface area contributed by atoms with Crippen molar-refractivity contribution in [1.82, 2.24) is 0 Å². The number of halogens is 2. The Kier molecular flexibility index (Phi) is 5.84. The molecule has 1 aromatic rings.